The first-order valence-corrected chi connectivity index (χ1v) is 6.31. The molecule has 1 aliphatic rings. The molecule has 1 aliphatic heterocycles. The summed E-state index contributed by atoms with van der Waals surface area (Å²) in [5, 5.41) is 8.67. The van der Waals surface area contributed by atoms with E-state index in [0.29, 0.717) is 18.4 Å². The molecule has 6 heteroatoms. The molecular formula is C14H13F3N2O. The number of benzene rings is 1. The Morgan fingerprint density at radius 3 is 2.45 bits per heavy atom. The van der Waals surface area contributed by atoms with Crippen LogP contribution in [0.2, 0.25) is 0 Å². The fourth-order valence-corrected chi connectivity index (χ4v) is 2.37. The molecule has 0 spiro atoms. The average molecular weight is 282 g/mol. The third-order valence-electron chi connectivity index (χ3n) is 3.40. The third kappa shape index (κ3) is 2.93. The Kier molecular flexibility index (Phi) is 3.98. The molecule has 20 heavy (non-hydrogen) atoms. The van der Waals surface area contributed by atoms with Gasteiger partial charge in [-0.2, -0.15) is 18.4 Å². The SMILES string of the molecule is N#Cc1ccc(C(=O)N2CCCCC2C(F)(F)F)cc1. The number of nitriles is 1. The molecule has 1 aromatic rings. The number of carbonyl (C=O) groups excluding carboxylic acids is 1. The zero-order chi connectivity index (χ0) is 14.8. The van der Waals surface area contributed by atoms with Gasteiger partial charge in [-0.25, -0.2) is 0 Å². The highest BCUT2D eigenvalue weighted by Gasteiger charge is 2.46. The highest BCUT2D eigenvalue weighted by molar-refractivity contribution is 5.94. The first kappa shape index (κ1) is 14.4. The lowest BCUT2D eigenvalue weighted by Crippen LogP contribution is -2.51. The van der Waals surface area contributed by atoms with Crippen LogP contribution in [0.3, 0.4) is 0 Å². The maximum Gasteiger partial charge on any atom is 0.408 e. The maximum absolute atomic E-state index is 12.9. The minimum Gasteiger partial charge on any atom is -0.327 e. The second-order valence-corrected chi connectivity index (χ2v) is 4.74. The summed E-state index contributed by atoms with van der Waals surface area (Å²) in [4.78, 5) is 13.1. The molecule has 106 valence electrons. The number of hydrogen-bond acceptors (Lipinski definition) is 2. The Bertz CT molecular complexity index is 531. The van der Waals surface area contributed by atoms with Gasteiger partial charge in [0.05, 0.1) is 11.6 Å². The Labute approximate surface area is 114 Å². The lowest BCUT2D eigenvalue weighted by molar-refractivity contribution is -0.183. The molecule has 0 saturated carbocycles. The number of nitrogens with zero attached hydrogens (tertiary/aromatic N) is 2. The monoisotopic (exact) mass is 282 g/mol. The molecule has 0 N–H and O–H groups in total. The van der Waals surface area contributed by atoms with Gasteiger partial charge in [0.2, 0.25) is 0 Å². The number of rotatable bonds is 1. The van der Waals surface area contributed by atoms with Crippen LogP contribution >= 0.6 is 0 Å². The van der Waals surface area contributed by atoms with Gasteiger partial charge in [-0.15, -0.1) is 0 Å². The van der Waals surface area contributed by atoms with E-state index in [1.165, 1.54) is 24.3 Å². The van der Waals surface area contributed by atoms with Gasteiger partial charge in [-0.05, 0) is 43.5 Å². The van der Waals surface area contributed by atoms with Gasteiger partial charge in [0, 0.05) is 12.1 Å². The Morgan fingerprint density at radius 1 is 1.25 bits per heavy atom. The van der Waals surface area contributed by atoms with Crippen molar-refractivity contribution < 1.29 is 18.0 Å². The minimum absolute atomic E-state index is 0.0501. The topological polar surface area (TPSA) is 44.1 Å². The summed E-state index contributed by atoms with van der Waals surface area (Å²) < 4.78 is 38.8. The van der Waals surface area contributed by atoms with Crippen LogP contribution in [0.5, 0.6) is 0 Å². The summed E-state index contributed by atoms with van der Waals surface area (Å²) in [6, 6.07) is 5.84. The average Bonchev–Trinajstić information content (AvgIpc) is 2.46. The Morgan fingerprint density at radius 2 is 1.90 bits per heavy atom. The molecule has 1 aromatic carbocycles. The Hall–Kier alpha value is -2.03. The maximum atomic E-state index is 12.9. The zero-order valence-corrected chi connectivity index (χ0v) is 10.7. The van der Waals surface area contributed by atoms with Crippen molar-refractivity contribution in [3.05, 3.63) is 35.4 Å². The molecule has 1 amide bonds. The van der Waals surface area contributed by atoms with Crippen LogP contribution in [0, 0.1) is 11.3 Å². The van der Waals surface area contributed by atoms with E-state index in [9.17, 15) is 18.0 Å². The highest BCUT2D eigenvalue weighted by Crippen LogP contribution is 2.32. The van der Waals surface area contributed by atoms with Crippen molar-refractivity contribution in [1.29, 1.82) is 5.26 Å². The standard InChI is InChI=1S/C14H13F3N2O/c15-14(16,17)12-3-1-2-8-19(12)13(20)11-6-4-10(9-18)5-7-11/h4-7,12H,1-3,8H2. The zero-order valence-electron chi connectivity index (χ0n) is 10.7. The fourth-order valence-electron chi connectivity index (χ4n) is 2.37. The van der Waals surface area contributed by atoms with Crippen LogP contribution in [0.25, 0.3) is 0 Å². The summed E-state index contributed by atoms with van der Waals surface area (Å²) in [7, 11) is 0. The van der Waals surface area contributed by atoms with Gasteiger partial charge >= 0.3 is 6.18 Å². The van der Waals surface area contributed by atoms with Crippen molar-refractivity contribution in [2.24, 2.45) is 0 Å². The van der Waals surface area contributed by atoms with E-state index in [0.717, 1.165) is 4.90 Å². The van der Waals surface area contributed by atoms with Crippen molar-refractivity contribution in [2.75, 3.05) is 6.54 Å². The van der Waals surface area contributed by atoms with E-state index in [1.807, 2.05) is 6.07 Å². The minimum atomic E-state index is -4.40. The molecule has 1 unspecified atom stereocenters. The predicted molar refractivity (Wildman–Crippen MR) is 65.9 cm³/mol. The van der Waals surface area contributed by atoms with Gasteiger partial charge in [-0.3, -0.25) is 4.79 Å². The molecule has 0 aliphatic carbocycles. The second kappa shape index (κ2) is 5.53. The Balaban J connectivity index is 2.23. The second-order valence-electron chi connectivity index (χ2n) is 4.74. The summed E-state index contributed by atoms with van der Waals surface area (Å²) in [6.45, 7) is 0.114. The van der Waals surface area contributed by atoms with Gasteiger partial charge in [0.15, 0.2) is 0 Å². The smallest absolute Gasteiger partial charge is 0.327 e. The van der Waals surface area contributed by atoms with E-state index in [2.05, 4.69) is 0 Å². The van der Waals surface area contributed by atoms with E-state index >= 15 is 0 Å². The molecule has 1 heterocycles. The largest absolute Gasteiger partial charge is 0.408 e. The molecular weight excluding hydrogens is 269 g/mol. The summed E-state index contributed by atoms with van der Waals surface area (Å²) in [5.74, 6) is -0.628. The van der Waals surface area contributed by atoms with Gasteiger partial charge < -0.3 is 4.90 Å². The van der Waals surface area contributed by atoms with Crippen molar-refractivity contribution in [3.63, 3.8) is 0 Å². The number of likely N-dealkylation sites (tertiary alicyclic amines) is 1. The third-order valence-corrected chi connectivity index (χ3v) is 3.40. The van der Waals surface area contributed by atoms with E-state index in [4.69, 9.17) is 5.26 Å². The molecule has 0 bridgehead atoms. The van der Waals surface area contributed by atoms with Gasteiger partial charge in [0.1, 0.15) is 6.04 Å². The molecule has 3 nitrogen and oxygen atoms in total. The van der Waals surface area contributed by atoms with Crippen LogP contribution in [-0.2, 0) is 0 Å². The summed E-state index contributed by atoms with van der Waals surface area (Å²) >= 11 is 0. The molecule has 0 aromatic heterocycles. The first-order chi connectivity index (χ1) is 9.43. The van der Waals surface area contributed by atoms with Crippen LogP contribution in [-0.4, -0.2) is 29.6 Å². The number of piperidine rings is 1. The molecule has 1 fully saturated rings. The van der Waals surface area contributed by atoms with E-state index in [1.54, 1.807) is 0 Å². The highest BCUT2D eigenvalue weighted by atomic mass is 19.4. The predicted octanol–water partition coefficient (Wildman–Crippen LogP) is 3.12. The van der Waals surface area contributed by atoms with Crippen LogP contribution in [0.4, 0.5) is 13.2 Å². The van der Waals surface area contributed by atoms with Crippen molar-refractivity contribution in [1.82, 2.24) is 4.90 Å². The number of halogens is 3. The quantitative estimate of drug-likeness (QED) is 0.794. The van der Waals surface area contributed by atoms with Crippen LogP contribution in [0.15, 0.2) is 24.3 Å². The van der Waals surface area contributed by atoms with Crippen molar-refractivity contribution in [3.8, 4) is 6.07 Å². The molecule has 1 atom stereocenters. The first-order valence-electron chi connectivity index (χ1n) is 6.31. The van der Waals surface area contributed by atoms with Gasteiger partial charge in [0.25, 0.3) is 5.91 Å². The van der Waals surface area contributed by atoms with Gasteiger partial charge in [-0.1, -0.05) is 0 Å². The van der Waals surface area contributed by atoms with Crippen LogP contribution < -0.4 is 0 Å². The molecule has 1 saturated heterocycles. The normalized spacial score (nSPS) is 19.5. The lowest BCUT2D eigenvalue weighted by atomic mass is 10.00. The molecule has 2 rings (SSSR count). The van der Waals surface area contributed by atoms with Crippen molar-refractivity contribution in [2.45, 2.75) is 31.5 Å². The lowest BCUT2D eigenvalue weighted by Gasteiger charge is -2.36. The number of hydrogen-bond donors (Lipinski definition) is 0. The fraction of sp³-hybridized carbons (Fsp3) is 0.429. The number of alkyl halides is 3. The summed E-state index contributed by atoms with van der Waals surface area (Å²) in [6.07, 6.45) is -3.40. The number of carbonyl (C=O) groups is 1. The molecule has 0 radical (unpaired) electrons. The van der Waals surface area contributed by atoms with Crippen LogP contribution in [0.1, 0.15) is 35.2 Å². The van der Waals surface area contributed by atoms with E-state index in [-0.39, 0.29) is 18.5 Å². The number of amides is 1. The van der Waals surface area contributed by atoms with Crippen molar-refractivity contribution >= 4 is 5.91 Å². The van der Waals surface area contributed by atoms with E-state index < -0.39 is 18.1 Å². The summed E-state index contributed by atoms with van der Waals surface area (Å²) in [5.41, 5.74) is 0.549.